The van der Waals surface area contributed by atoms with Crippen molar-refractivity contribution in [1.29, 1.82) is 0 Å². The Morgan fingerprint density at radius 2 is 1.44 bits per heavy atom. The molecule has 0 spiro atoms. The van der Waals surface area contributed by atoms with Gasteiger partial charge in [-0.1, -0.05) is 36.4 Å². The number of likely N-dealkylation sites (tertiary alicyclic amines) is 1. The first kappa shape index (κ1) is 23.4. The first-order valence-electron chi connectivity index (χ1n) is 12.1. The van der Waals surface area contributed by atoms with E-state index < -0.39 is 11.7 Å². The molecule has 0 unspecified atom stereocenters. The fourth-order valence-corrected chi connectivity index (χ4v) is 4.49. The van der Waals surface area contributed by atoms with Gasteiger partial charge in [-0.05, 0) is 61.7 Å². The van der Waals surface area contributed by atoms with Crippen molar-refractivity contribution in [2.45, 2.75) is 25.8 Å². The largest absolute Gasteiger partial charge is 0.457 e. The molecular weight excluding hydrogens is 454 g/mol. The Kier molecular flexibility index (Phi) is 6.80. The number of nitrogens with zero attached hydrogens (tertiary/aromatic N) is 2. The third-order valence-electron chi connectivity index (χ3n) is 6.34. The van der Waals surface area contributed by atoms with Crippen molar-refractivity contribution >= 4 is 34.2 Å². The average molecular weight is 482 g/mol. The molecule has 1 aliphatic heterocycles. The number of carbonyl (C=O) groups excluding carboxylic acids is 3. The number of anilines is 1. The normalized spacial score (nSPS) is 13.4. The fourth-order valence-electron chi connectivity index (χ4n) is 4.49. The van der Waals surface area contributed by atoms with Crippen LogP contribution in [-0.4, -0.2) is 40.2 Å². The molecule has 182 valence electrons. The summed E-state index contributed by atoms with van der Waals surface area (Å²) in [5.41, 5.74) is 1.51. The van der Waals surface area contributed by atoms with Crippen LogP contribution < -0.4 is 10.1 Å². The number of ether oxygens (including phenoxy) is 1. The van der Waals surface area contributed by atoms with E-state index in [0.29, 0.717) is 22.6 Å². The second-order valence-electron chi connectivity index (χ2n) is 8.85. The number of hydrogen-bond donors (Lipinski definition) is 1. The van der Waals surface area contributed by atoms with Crippen molar-refractivity contribution in [3.63, 3.8) is 0 Å². The molecule has 0 saturated carbocycles. The molecule has 1 saturated heterocycles. The van der Waals surface area contributed by atoms with Gasteiger partial charge in [-0.3, -0.25) is 14.4 Å². The summed E-state index contributed by atoms with van der Waals surface area (Å²) < 4.78 is 7.53. The molecule has 0 aliphatic carbocycles. The van der Waals surface area contributed by atoms with Gasteiger partial charge in [0.2, 0.25) is 5.91 Å². The monoisotopic (exact) mass is 481 g/mol. The predicted molar refractivity (Wildman–Crippen MR) is 138 cm³/mol. The van der Waals surface area contributed by atoms with Gasteiger partial charge in [-0.15, -0.1) is 0 Å². The Labute approximate surface area is 209 Å². The number of Topliss-reactive ketones (excluding diaryl/α,β-unsaturated/α-hetero) is 1. The number of carbonyl (C=O) groups is 3. The zero-order chi connectivity index (χ0) is 24.9. The Morgan fingerprint density at radius 1 is 0.778 bits per heavy atom. The molecule has 2 amide bonds. The number of para-hydroxylation sites is 2. The van der Waals surface area contributed by atoms with Crippen molar-refractivity contribution < 1.29 is 19.1 Å². The number of hydrogen-bond acceptors (Lipinski definition) is 4. The third-order valence-corrected chi connectivity index (χ3v) is 6.34. The predicted octanol–water partition coefficient (Wildman–Crippen LogP) is 5.27. The fraction of sp³-hybridized carbons (Fsp3) is 0.207. The summed E-state index contributed by atoms with van der Waals surface area (Å²) in [5.74, 6) is -0.0414. The van der Waals surface area contributed by atoms with Crippen molar-refractivity contribution in [3.05, 3.63) is 90.6 Å². The standard InChI is InChI=1S/C29H27N3O4/c33-27(31-17-7-2-8-18-31)20-32-19-25(24-11-5-6-12-26(24)32)28(34)29(35)30-21-13-15-23(16-14-21)36-22-9-3-1-4-10-22/h1,3-6,9-16,19H,2,7-8,17-18,20H2,(H,30,35). The third kappa shape index (κ3) is 5.15. The van der Waals surface area contributed by atoms with Crippen LogP contribution in [0.15, 0.2) is 85.1 Å². The van der Waals surface area contributed by atoms with Gasteiger partial charge in [-0.2, -0.15) is 0 Å². The zero-order valence-corrected chi connectivity index (χ0v) is 19.9. The molecule has 3 aromatic carbocycles. The molecule has 5 rings (SSSR count). The van der Waals surface area contributed by atoms with Crippen LogP contribution in [-0.2, 0) is 16.1 Å². The van der Waals surface area contributed by atoms with Gasteiger partial charge in [0.1, 0.15) is 18.0 Å². The molecule has 2 heterocycles. The lowest BCUT2D eigenvalue weighted by Crippen LogP contribution is -2.37. The number of aromatic nitrogens is 1. The smallest absolute Gasteiger partial charge is 0.296 e. The number of rotatable bonds is 7. The van der Waals surface area contributed by atoms with E-state index in [2.05, 4.69) is 5.32 Å². The second kappa shape index (κ2) is 10.5. The number of ketones is 1. The molecule has 7 heteroatoms. The van der Waals surface area contributed by atoms with Gasteiger partial charge < -0.3 is 19.5 Å². The summed E-state index contributed by atoms with van der Waals surface area (Å²) in [4.78, 5) is 40.7. The average Bonchev–Trinajstić information content (AvgIpc) is 3.28. The Balaban J connectivity index is 1.30. The molecule has 1 fully saturated rings. The van der Waals surface area contributed by atoms with Crippen LogP contribution in [0.25, 0.3) is 10.9 Å². The van der Waals surface area contributed by atoms with E-state index in [1.165, 1.54) is 0 Å². The number of nitrogens with one attached hydrogen (secondary N) is 1. The van der Waals surface area contributed by atoms with E-state index in [9.17, 15) is 14.4 Å². The number of piperidine rings is 1. The summed E-state index contributed by atoms with van der Waals surface area (Å²) in [6, 6.07) is 23.5. The highest BCUT2D eigenvalue weighted by molar-refractivity contribution is 6.48. The maximum Gasteiger partial charge on any atom is 0.296 e. The molecule has 7 nitrogen and oxygen atoms in total. The van der Waals surface area contributed by atoms with Crippen molar-refractivity contribution in [1.82, 2.24) is 9.47 Å². The quantitative estimate of drug-likeness (QED) is 0.288. The van der Waals surface area contributed by atoms with Crippen LogP contribution in [0.1, 0.15) is 29.6 Å². The molecular formula is C29H27N3O4. The maximum absolute atomic E-state index is 13.1. The van der Waals surface area contributed by atoms with E-state index in [0.717, 1.165) is 37.9 Å². The molecule has 0 radical (unpaired) electrons. The van der Waals surface area contributed by atoms with Crippen LogP contribution in [0.4, 0.5) is 5.69 Å². The van der Waals surface area contributed by atoms with Crippen LogP contribution in [0, 0.1) is 0 Å². The Hall–Kier alpha value is -4.39. The summed E-state index contributed by atoms with van der Waals surface area (Å²) in [6.45, 7) is 1.67. The highest BCUT2D eigenvalue weighted by Crippen LogP contribution is 2.25. The van der Waals surface area contributed by atoms with E-state index in [4.69, 9.17) is 4.74 Å². The summed E-state index contributed by atoms with van der Waals surface area (Å²) in [7, 11) is 0. The zero-order valence-electron chi connectivity index (χ0n) is 19.9. The highest BCUT2D eigenvalue weighted by Gasteiger charge is 2.24. The van der Waals surface area contributed by atoms with Gasteiger partial charge in [0.05, 0.1) is 5.56 Å². The first-order valence-corrected chi connectivity index (χ1v) is 12.1. The van der Waals surface area contributed by atoms with Crippen LogP contribution in [0.2, 0.25) is 0 Å². The first-order chi connectivity index (χ1) is 17.6. The topological polar surface area (TPSA) is 80.6 Å². The Morgan fingerprint density at radius 3 is 2.19 bits per heavy atom. The van der Waals surface area contributed by atoms with Crippen molar-refractivity contribution in [2.24, 2.45) is 0 Å². The summed E-state index contributed by atoms with van der Waals surface area (Å²) in [5, 5.41) is 3.32. The molecule has 0 bridgehead atoms. The van der Waals surface area contributed by atoms with Crippen molar-refractivity contribution in [2.75, 3.05) is 18.4 Å². The summed E-state index contributed by atoms with van der Waals surface area (Å²) in [6.07, 6.45) is 4.79. The van der Waals surface area contributed by atoms with Crippen molar-refractivity contribution in [3.8, 4) is 11.5 Å². The van der Waals surface area contributed by atoms with E-state index in [1.54, 1.807) is 41.1 Å². The summed E-state index contributed by atoms with van der Waals surface area (Å²) >= 11 is 0. The van der Waals surface area contributed by atoms with Gasteiger partial charge >= 0.3 is 0 Å². The van der Waals surface area contributed by atoms with Gasteiger partial charge in [0, 0.05) is 35.9 Å². The SMILES string of the molecule is O=C(Nc1ccc(Oc2ccccc2)cc1)C(=O)c1cn(CC(=O)N2CCCCC2)c2ccccc12. The van der Waals surface area contributed by atoms with Crippen LogP contribution in [0.5, 0.6) is 11.5 Å². The molecule has 1 aromatic heterocycles. The molecule has 1 aliphatic rings. The molecule has 0 atom stereocenters. The van der Waals surface area contributed by atoms with Gasteiger partial charge in [0.25, 0.3) is 11.7 Å². The van der Waals surface area contributed by atoms with E-state index in [-0.39, 0.29) is 18.0 Å². The minimum atomic E-state index is -0.739. The van der Waals surface area contributed by atoms with Crippen LogP contribution in [0.3, 0.4) is 0 Å². The lowest BCUT2D eigenvalue weighted by Gasteiger charge is -2.27. The highest BCUT2D eigenvalue weighted by atomic mass is 16.5. The number of benzene rings is 3. The minimum absolute atomic E-state index is 0.0247. The molecule has 36 heavy (non-hydrogen) atoms. The second-order valence-corrected chi connectivity index (χ2v) is 8.85. The number of amides is 2. The van der Waals surface area contributed by atoms with Gasteiger partial charge in [0.15, 0.2) is 0 Å². The Bertz CT molecular complexity index is 1390. The van der Waals surface area contributed by atoms with Gasteiger partial charge in [-0.25, -0.2) is 0 Å². The van der Waals surface area contributed by atoms with E-state index >= 15 is 0 Å². The van der Waals surface area contributed by atoms with Crippen LogP contribution >= 0.6 is 0 Å². The van der Waals surface area contributed by atoms with E-state index in [1.807, 2.05) is 53.4 Å². The lowest BCUT2D eigenvalue weighted by atomic mass is 10.1. The minimum Gasteiger partial charge on any atom is -0.457 e. The maximum atomic E-state index is 13.1. The molecule has 4 aromatic rings. The number of fused-ring (bicyclic) bond motifs is 1. The molecule has 1 N–H and O–H groups in total. The lowest BCUT2D eigenvalue weighted by molar-refractivity contribution is -0.132.